The summed E-state index contributed by atoms with van der Waals surface area (Å²) in [4.78, 5) is 0. The SMILES string of the molecule is c1ccc(-n2c3ccccc3c3cc4c(cc32)c2cc3ccccc3cc2n4-c2ccc3c(c2)oc2ccccc23)cc1.c1ccc(-n2c3ccccc3c3ccc4c5c6ccccc6ccc5n(-c5ccc6c(c5)oc5ccccc56)c4c32)cc1. The molecule has 0 saturated carbocycles. The van der Waals surface area contributed by atoms with Gasteiger partial charge >= 0.3 is 0 Å². The monoisotopic (exact) mass is 1100 g/mol. The van der Waals surface area contributed by atoms with E-state index >= 15 is 0 Å². The molecular weight excluding hydrogens is 1050 g/mol. The Kier molecular flexibility index (Phi) is 9.80. The fourth-order valence-electron chi connectivity index (χ4n) is 14.4. The summed E-state index contributed by atoms with van der Waals surface area (Å²) in [6.07, 6.45) is 0. The molecule has 0 atom stereocenters. The first-order valence-electron chi connectivity index (χ1n) is 29.4. The van der Waals surface area contributed by atoms with E-state index in [1.54, 1.807) is 0 Å². The van der Waals surface area contributed by atoms with E-state index in [1.807, 2.05) is 24.3 Å². The molecule has 6 heteroatoms. The van der Waals surface area contributed by atoms with Crippen molar-refractivity contribution in [2.75, 3.05) is 0 Å². The topological polar surface area (TPSA) is 46.0 Å². The van der Waals surface area contributed by atoms with Crippen molar-refractivity contribution in [3.05, 3.63) is 291 Å². The van der Waals surface area contributed by atoms with Gasteiger partial charge in [-0.05, 0) is 125 Å². The number of hydrogen-bond donors (Lipinski definition) is 0. The zero-order valence-corrected chi connectivity index (χ0v) is 46.3. The van der Waals surface area contributed by atoms with E-state index in [0.29, 0.717) is 0 Å². The maximum Gasteiger partial charge on any atom is 0.137 e. The van der Waals surface area contributed by atoms with Crippen LogP contribution in [0.5, 0.6) is 0 Å². The Bertz CT molecular complexity index is 6200. The van der Waals surface area contributed by atoms with Crippen molar-refractivity contribution in [2.24, 2.45) is 0 Å². The van der Waals surface area contributed by atoms with E-state index in [2.05, 4.69) is 285 Å². The summed E-state index contributed by atoms with van der Waals surface area (Å²) in [6, 6.07) is 105. The Hall–Kier alpha value is -11.6. The van der Waals surface area contributed by atoms with Gasteiger partial charge in [-0.2, -0.15) is 0 Å². The second-order valence-corrected chi connectivity index (χ2v) is 22.7. The molecule has 14 aromatic carbocycles. The molecule has 20 rings (SSSR count). The Morgan fingerprint density at radius 1 is 0.186 bits per heavy atom. The van der Waals surface area contributed by atoms with Crippen LogP contribution in [0, 0.1) is 0 Å². The lowest BCUT2D eigenvalue weighted by Gasteiger charge is -2.12. The van der Waals surface area contributed by atoms with Gasteiger partial charge in [0.15, 0.2) is 0 Å². The normalized spacial score (nSPS) is 12.2. The second kappa shape index (κ2) is 18.0. The summed E-state index contributed by atoms with van der Waals surface area (Å²) < 4.78 is 22.4. The van der Waals surface area contributed by atoms with Gasteiger partial charge in [0.05, 0.1) is 49.8 Å². The summed E-state index contributed by atoms with van der Waals surface area (Å²) in [5.41, 5.74) is 17.7. The number of hydrogen-bond acceptors (Lipinski definition) is 2. The zero-order chi connectivity index (χ0) is 56.1. The van der Waals surface area contributed by atoms with Gasteiger partial charge in [-0.25, -0.2) is 0 Å². The number of benzene rings is 14. The zero-order valence-electron chi connectivity index (χ0n) is 46.3. The molecular formula is C80H48N4O2. The van der Waals surface area contributed by atoms with Crippen molar-refractivity contribution in [1.82, 2.24) is 18.3 Å². The van der Waals surface area contributed by atoms with Crippen molar-refractivity contribution in [2.45, 2.75) is 0 Å². The van der Waals surface area contributed by atoms with Crippen LogP contribution < -0.4 is 0 Å². The van der Waals surface area contributed by atoms with E-state index in [4.69, 9.17) is 8.83 Å². The highest BCUT2D eigenvalue weighted by Crippen LogP contribution is 2.46. The van der Waals surface area contributed by atoms with Crippen LogP contribution in [-0.2, 0) is 0 Å². The van der Waals surface area contributed by atoms with E-state index in [1.165, 1.54) is 109 Å². The smallest absolute Gasteiger partial charge is 0.137 e. The fraction of sp³-hybridized carbons (Fsp3) is 0. The molecule has 20 aromatic rings. The summed E-state index contributed by atoms with van der Waals surface area (Å²) in [5, 5.41) is 19.5. The van der Waals surface area contributed by atoms with Crippen LogP contribution in [0.25, 0.3) is 175 Å². The van der Waals surface area contributed by atoms with Crippen LogP contribution in [-0.4, -0.2) is 18.3 Å². The van der Waals surface area contributed by atoms with Crippen LogP contribution in [0.4, 0.5) is 0 Å². The van der Waals surface area contributed by atoms with Crippen molar-refractivity contribution < 1.29 is 8.83 Å². The Morgan fingerprint density at radius 2 is 0.593 bits per heavy atom. The highest BCUT2D eigenvalue weighted by molar-refractivity contribution is 6.29. The van der Waals surface area contributed by atoms with E-state index in [9.17, 15) is 0 Å². The minimum atomic E-state index is 0.894. The molecule has 6 heterocycles. The minimum absolute atomic E-state index is 0.894. The lowest BCUT2D eigenvalue weighted by Crippen LogP contribution is -1.98. The molecule has 0 aliphatic rings. The minimum Gasteiger partial charge on any atom is -0.456 e. The Balaban J connectivity index is 0.000000126. The molecule has 0 spiro atoms. The van der Waals surface area contributed by atoms with Gasteiger partial charge in [-0.3, -0.25) is 0 Å². The third-order valence-electron chi connectivity index (χ3n) is 18.1. The quantitative estimate of drug-likeness (QED) is 0.176. The van der Waals surface area contributed by atoms with Gasteiger partial charge in [0, 0.05) is 93.8 Å². The summed E-state index contributed by atoms with van der Waals surface area (Å²) >= 11 is 0. The molecule has 0 aliphatic carbocycles. The van der Waals surface area contributed by atoms with Gasteiger partial charge in [-0.1, -0.05) is 176 Å². The predicted octanol–water partition coefficient (Wildman–Crippen LogP) is 21.9. The van der Waals surface area contributed by atoms with Gasteiger partial charge in [-0.15, -0.1) is 0 Å². The summed E-state index contributed by atoms with van der Waals surface area (Å²) in [5.74, 6) is 0. The van der Waals surface area contributed by atoms with Crippen molar-refractivity contribution >= 4 is 153 Å². The van der Waals surface area contributed by atoms with E-state index in [0.717, 1.165) is 66.6 Å². The lowest BCUT2D eigenvalue weighted by molar-refractivity contribution is 0.668. The maximum absolute atomic E-state index is 6.40. The van der Waals surface area contributed by atoms with E-state index in [-0.39, 0.29) is 0 Å². The molecule has 0 bridgehead atoms. The highest BCUT2D eigenvalue weighted by Gasteiger charge is 2.24. The molecule has 0 aliphatic heterocycles. The number of furan rings is 2. The number of nitrogens with zero attached hydrogens (tertiary/aromatic N) is 4. The first-order valence-corrected chi connectivity index (χ1v) is 29.4. The van der Waals surface area contributed by atoms with Crippen molar-refractivity contribution in [3.8, 4) is 22.7 Å². The Morgan fingerprint density at radius 3 is 1.24 bits per heavy atom. The summed E-state index contributed by atoms with van der Waals surface area (Å²) in [7, 11) is 0. The van der Waals surface area contributed by atoms with E-state index < -0.39 is 0 Å². The molecule has 0 fully saturated rings. The molecule has 0 saturated heterocycles. The molecule has 86 heavy (non-hydrogen) atoms. The molecule has 0 N–H and O–H groups in total. The fourth-order valence-corrected chi connectivity index (χ4v) is 14.4. The second-order valence-electron chi connectivity index (χ2n) is 22.7. The molecule has 0 radical (unpaired) electrons. The van der Waals surface area contributed by atoms with Crippen LogP contribution >= 0.6 is 0 Å². The van der Waals surface area contributed by atoms with Crippen molar-refractivity contribution in [3.63, 3.8) is 0 Å². The highest BCUT2D eigenvalue weighted by atomic mass is 16.3. The number of fused-ring (bicyclic) bond motifs is 22. The van der Waals surface area contributed by atoms with Crippen LogP contribution in [0.3, 0.4) is 0 Å². The largest absolute Gasteiger partial charge is 0.456 e. The first-order chi connectivity index (χ1) is 42.7. The Labute approximate surface area is 491 Å². The molecule has 6 nitrogen and oxygen atoms in total. The third kappa shape index (κ3) is 6.72. The van der Waals surface area contributed by atoms with Gasteiger partial charge in [0.25, 0.3) is 0 Å². The van der Waals surface area contributed by atoms with Gasteiger partial charge < -0.3 is 27.1 Å². The summed E-state index contributed by atoms with van der Waals surface area (Å²) in [6.45, 7) is 0. The lowest BCUT2D eigenvalue weighted by atomic mass is 10.0. The standard InChI is InChI=1S/2C40H24N2O/c1-2-12-27(13-3-1)41-35-16-8-6-14-29(35)33-23-38-34(24-37(33)41)32-20-25-10-4-5-11-26(25)21-36(32)42(38)28-18-19-31-30-15-7-9-17-39(30)43-40(31)22-28;1-2-11-26(12-3-1)41-34-16-8-6-14-29(34)32-21-22-33-38-28-13-5-4-10-25(28)18-23-35(38)42(40(33)39(32)41)27-19-20-31-30-15-7-9-17-36(30)43-37(31)24-27/h2*1-24H. The number of aromatic nitrogens is 4. The molecule has 0 amide bonds. The first kappa shape index (κ1) is 46.9. The maximum atomic E-state index is 6.40. The van der Waals surface area contributed by atoms with Gasteiger partial charge in [0.2, 0.25) is 0 Å². The average molecular weight is 1100 g/mol. The predicted molar refractivity (Wildman–Crippen MR) is 360 cm³/mol. The van der Waals surface area contributed by atoms with Gasteiger partial charge in [0.1, 0.15) is 22.3 Å². The molecule has 6 aromatic heterocycles. The van der Waals surface area contributed by atoms with Crippen LogP contribution in [0.15, 0.2) is 300 Å². The number of para-hydroxylation sites is 6. The van der Waals surface area contributed by atoms with Crippen LogP contribution in [0.1, 0.15) is 0 Å². The van der Waals surface area contributed by atoms with Crippen LogP contribution in [0.2, 0.25) is 0 Å². The molecule has 0 unspecified atom stereocenters. The molecule has 400 valence electrons. The average Bonchev–Trinajstić information content (AvgIpc) is 1.65. The number of rotatable bonds is 4. The third-order valence-corrected chi connectivity index (χ3v) is 18.1. The van der Waals surface area contributed by atoms with Crippen molar-refractivity contribution in [1.29, 1.82) is 0 Å².